The number of carbonyl (C=O) groups excluding carboxylic acids is 2. The molecule has 0 saturated heterocycles. The van der Waals surface area contributed by atoms with E-state index in [-0.39, 0.29) is 17.3 Å². The van der Waals surface area contributed by atoms with Crippen LogP contribution in [-0.2, 0) is 9.47 Å². The van der Waals surface area contributed by atoms with Crippen LogP contribution in [-0.4, -0.2) is 38.3 Å². The lowest BCUT2D eigenvalue weighted by molar-refractivity contribution is 0.0527. The van der Waals surface area contributed by atoms with Crippen LogP contribution in [0.3, 0.4) is 0 Å². The molecule has 0 spiro atoms. The SMILES string of the molecule is COC(=O)c1nc(-c2sccc2OC)oc1C(=O)OC. The molecule has 0 unspecified atom stereocenters. The second-order valence-electron chi connectivity index (χ2n) is 3.50. The Bertz CT molecular complexity index is 611. The van der Waals surface area contributed by atoms with Crippen molar-refractivity contribution in [2.24, 2.45) is 0 Å². The standard InChI is InChI=1S/C12H11NO6S/c1-16-6-4-5-20-9(6)10-13-7(11(14)17-2)8(19-10)12(15)18-3/h4-5H,1-3H3. The smallest absolute Gasteiger partial charge is 0.376 e. The van der Waals surface area contributed by atoms with Crippen molar-refractivity contribution in [3.8, 4) is 16.5 Å². The number of esters is 2. The van der Waals surface area contributed by atoms with Crippen molar-refractivity contribution in [2.45, 2.75) is 0 Å². The van der Waals surface area contributed by atoms with Crippen LogP contribution in [0.5, 0.6) is 5.75 Å². The van der Waals surface area contributed by atoms with Gasteiger partial charge >= 0.3 is 11.9 Å². The van der Waals surface area contributed by atoms with Crippen molar-refractivity contribution in [2.75, 3.05) is 21.3 Å². The summed E-state index contributed by atoms with van der Waals surface area (Å²) in [6.07, 6.45) is 0. The largest absolute Gasteiger partial charge is 0.495 e. The van der Waals surface area contributed by atoms with E-state index < -0.39 is 11.9 Å². The van der Waals surface area contributed by atoms with Crippen LogP contribution in [0.1, 0.15) is 21.0 Å². The summed E-state index contributed by atoms with van der Waals surface area (Å²) >= 11 is 1.30. The summed E-state index contributed by atoms with van der Waals surface area (Å²) in [6.45, 7) is 0. The number of rotatable bonds is 4. The summed E-state index contributed by atoms with van der Waals surface area (Å²) in [5.74, 6) is -1.26. The fourth-order valence-electron chi connectivity index (χ4n) is 1.50. The van der Waals surface area contributed by atoms with Gasteiger partial charge in [-0.3, -0.25) is 0 Å². The molecule has 2 aromatic heterocycles. The molecule has 2 heterocycles. The maximum atomic E-state index is 11.6. The van der Waals surface area contributed by atoms with Gasteiger partial charge in [-0.1, -0.05) is 0 Å². The van der Waals surface area contributed by atoms with Crippen molar-refractivity contribution >= 4 is 23.3 Å². The molecule has 0 radical (unpaired) electrons. The van der Waals surface area contributed by atoms with E-state index in [1.807, 2.05) is 0 Å². The molecule has 0 aliphatic heterocycles. The highest BCUT2D eigenvalue weighted by molar-refractivity contribution is 7.13. The maximum Gasteiger partial charge on any atom is 0.376 e. The number of methoxy groups -OCH3 is 3. The highest BCUT2D eigenvalue weighted by Gasteiger charge is 2.28. The summed E-state index contributed by atoms with van der Waals surface area (Å²) in [5, 5.41) is 1.77. The third-order valence-electron chi connectivity index (χ3n) is 2.42. The third-order valence-corrected chi connectivity index (χ3v) is 3.30. The molecule has 0 fully saturated rings. The van der Waals surface area contributed by atoms with Gasteiger partial charge in [0.25, 0.3) is 0 Å². The molecule has 0 aliphatic carbocycles. The molecule has 2 rings (SSSR count). The first-order valence-electron chi connectivity index (χ1n) is 5.41. The number of oxazole rings is 1. The number of carbonyl (C=O) groups is 2. The fourth-order valence-corrected chi connectivity index (χ4v) is 2.28. The zero-order chi connectivity index (χ0) is 14.7. The number of hydrogen-bond donors (Lipinski definition) is 0. The van der Waals surface area contributed by atoms with Gasteiger partial charge in [0.05, 0.1) is 21.3 Å². The van der Waals surface area contributed by atoms with Crippen LogP contribution in [0, 0.1) is 0 Å². The van der Waals surface area contributed by atoms with Gasteiger partial charge in [-0.25, -0.2) is 14.6 Å². The lowest BCUT2D eigenvalue weighted by Crippen LogP contribution is -2.10. The average molecular weight is 297 g/mol. The molecular weight excluding hydrogens is 286 g/mol. The first kappa shape index (κ1) is 14.1. The summed E-state index contributed by atoms with van der Waals surface area (Å²) in [6, 6.07) is 1.72. The zero-order valence-corrected chi connectivity index (χ0v) is 11.8. The summed E-state index contributed by atoms with van der Waals surface area (Å²) < 4.78 is 19.6. The van der Waals surface area contributed by atoms with E-state index in [0.29, 0.717) is 10.6 Å². The molecule has 0 bridgehead atoms. The van der Waals surface area contributed by atoms with Gasteiger partial charge in [-0.05, 0) is 11.4 Å². The second kappa shape index (κ2) is 5.74. The Hall–Kier alpha value is -2.35. The Morgan fingerprint density at radius 1 is 1.20 bits per heavy atom. The summed E-state index contributed by atoms with van der Waals surface area (Å²) in [4.78, 5) is 27.8. The van der Waals surface area contributed by atoms with Gasteiger partial charge < -0.3 is 18.6 Å². The maximum absolute atomic E-state index is 11.6. The topological polar surface area (TPSA) is 87.9 Å². The van der Waals surface area contributed by atoms with Gasteiger partial charge in [0.2, 0.25) is 17.3 Å². The summed E-state index contributed by atoms with van der Waals surface area (Å²) in [5.41, 5.74) is -0.232. The normalized spacial score (nSPS) is 10.2. The van der Waals surface area contributed by atoms with E-state index in [1.54, 1.807) is 11.4 Å². The van der Waals surface area contributed by atoms with E-state index in [4.69, 9.17) is 9.15 Å². The van der Waals surface area contributed by atoms with Crippen LogP contribution in [0.15, 0.2) is 15.9 Å². The zero-order valence-electron chi connectivity index (χ0n) is 11.0. The first-order valence-corrected chi connectivity index (χ1v) is 6.29. The highest BCUT2D eigenvalue weighted by atomic mass is 32.1. The van der Waals surface area contributed by atoms with Crippen molar-refractivity contribution < 1.29 is 28.2 Å². The second-order valence-corrected chi connectivity index (χ2v) is 4.41. The predicted molar refractivity (Wildman–Crippen MR) is 69.0 cm³/mol. The number of ether oxygens (including phenoxy) is 3. The van der Waals surface area contributed by atoms with Crippen LogP contribution in [0.2, 0.25) is 0 Å². The molecule has 0 saturated carbocycles. The Morgan fingerprint density at radius 3 is 2.50 bits per heavy atom. The van der Waals surface area contributed by atoms with E-state index >= 15 is 0 Å². The van der Waals surface area contributed by atoms with Crippen LogP contribution < -0.4 is 4.74 Å². The van der Waals surface area contributed by atoms with Crippen molar-refractivity contribution in [1.82, 2.24) is 4.98 Å². The van der Waals surface area contributed by atoms with E-state index in [0.717, 1.165) is 0 Å². The van der Waals surface area contributed by atoms with Crippen LogP contribution >= 0.6 is 11.3 Å². The minimum absolute atomic E-state index is 0.0950. The molecule has 0 amide bonds. The van der Waals surface area contributed by atoms with E-state index in [1.165, 1.54) is 32.7 Å². The Balaban J connectivity index is 2.54. The van der Waals surface area contributed by atoms with E-state index in [2.05, 4.69) is 14.5 Å². The van der Waals surface area contributed by atoms with Crippen molar-refractivity contribution in [1.29, 1.82) is 0 Å². The Labute approximate surface area is 118 Å². The average Bonchev–Trinajstić information content (AvgIpc) is 3.11. The molecule has 0 aliphatic rings. The first-order chi connectivity index (χ1) is 9.62. The van der Waals surface area contributed by atoms with Crippen LogP contribution in [0.25, 0.3) is 10.8 Å². The third kappa shape index (κ3) is 2.37. The number of hydrogen-bond acceptors (Lipinski definition) is 8. The fraction of sp³-hybridized carbons (Fsp3) is 0.250. The minimum atomic E-state index is -0.806. The van der Waals surface area contributed by atoms with Gasteiger partial charge in [-0.2, -0.15) is 0 Å². The minimum Gasteiger partial charge on any atom is -0.495 e. The quantitative estimate of drug-likeness (QED) is 0.797. The monoisotopic (exact) mass is 297 g/mol. The molecule has 2 aromatic rings. The van der Waals surface area contributed by atoms with Crippen LogP contribution in [0.4, 0.5) is 0 Å². The van der Waals surface area contributed by atoms with Gasteiger partial charge in [0, 0.05) is 0 Å². The lowest BCUT2D eigenvalue weighted by atomic mass is 10.3. The molecule has 106 valence electrons. The molecule has 0 N–H and O–H groups in total. The number of aromatic nitrogens is 1. The summed E-state index contributed by atoms with van der Waals surface area (Å²) in [7, 11) is 3.86. The Morgan fingerprint density at radius 2 is 1.90 bits per heavy atom. The molecular formula is C12H11NO6S. The van der Waals surface area contributed by atoms with Crippen molar-refractivity contribution in [3.05, 3.63) is 22.9 Å². The van der Waals surface area contributed by atoms with Crippen molar-refractivity contribution in [3.63, 3.8) is 0 Å². The highest BCUT2D eigenvalue weighted by Crippen LogP contribution is 2.35. The molecule has 8 heteroatoms. The number of nitrogens with zero attached hydrogens (tertiary/aromatic N) is 1. The van der Waals surface area contributed by atoms with Gasteiger partial charge in [0.15, 0.2) is 0 Å². The van der Waals surface area contributed by atoms with Gasteiger partial charge in [0.1, 0.15) is 10.6 Å². The van der Waals surface area contributed by atoms with Gasteiger partial charge in [-0.15, -0.1) is 11.3 Å². The Kier molecular flexibility index (Phi) is 4.04. The molecule has 7 nitrogen and oxygen atoms in total. The molecule has 0 aromatic carbocycles. The molecule has 20 heavy (non-hydrogen) atoms. The van der Waals surface area contributed by atoms with E-state index in [9.17, 15) is 9.59 Å². The predicted octanol–water partition coefficient (Wildman–Crippen LogP) is 1.98. The number of thiophene rings is 1. The molecule has 0 atom stereocenters. The lowest BCUT2D eigenvalue weighted by Gasteiger charge is -1.97.